The minimum absolute atomic E-state index is 0.626. The third kappa shape index (κ3) is 2.82. The molecule has 14 heavy (non-hydrogen) atoms. The van der Waals surface area contributed by atoms with Gasteiger partial charge in [0.25, 0.3) is 0 Å². The van der Waals surface area contributed by atoms with E-state index in [2.05, 4.69) is 21.0 Å². The van der Waals surface area contributed by atoms with Crippen molar-refractivity contribution >= 4 is 15.9 Å². The molecule has 1 aromatic rings. The van der Waals surface area contributed by atoms with Gasteiger partial charge in [-0.1, -0.05) is 0 Å². The van der Waals surface area contributed by atoms with Gasteiger partial charge in [-0.2, -0.15) is 5.10 Å². The summed E-state index contributed by atoms with van der Waals surface area (Å²) in [5.41, 5.74) is 1.49. The number of aliphatic hydroxyl groups is 1. The second-order valence-corrected chi connectivity index (χ2v) is 5.06. The average molecular weight is 261 g/mol. The van der Waals surface area contributed by atoms with Crippen molar-refractivity contribution in [3.63, 3.8) is 0 Å². The first-order chi connectivity index (χ1) is 6.31. The van der Waals surface area contributed by atoms with Gasteiger partial charge in [-0.3, -0.25) is 4.68 Å². The van der Waals surface area contributed by atoms with Gasteiger partial charge in [0.15, 0.2) is 0 Å². The van der Waals surface area contributed by atoms with E-state index in [-0.39, 0.29) is 0 Å². The van der Waals surface area contributed by atoms with Crippen LogP contribution in [0.3, 0.4) is 0 Å². The van der Waals surface area contributed by atoms with Crippen molar-refractivity contribution in [3.8, 4) is 0 Å². The molecule has 0 radical (unpaired) electrons. The zero-order chi connectivity index (χ0) is 10.9. The maximum atomic E-state index is 9.59. The molecule has 4 heteroatoms. The second-order valence-electron chi connectivity index (χ2n) is 4.27. The monoisotopic (exact) mass is 260 g/mol. The lowest BCUT2D eigenvalue weighted by atomic mass is 10.1. The minimum atomic E-state index is -0.626. The molecule has 0 bridgehead atoms. The van der Waals surface area contributed by atoms with E-state index >= 15 is 0 Å². The number of hydrogen-bond acceptors (Lipinski definition) is 2. The highest BCUT2D eigenvalue weighted by molar-refractivity contribution is 9.10. The summed E-state index contributed by atoms with van der Waals surface area (Å²) >= 11 is 3.47. The highest BCUT2D eigenvalue weighted by Gasteiger charge is 2.14. The van der Waals surface area contributed by atoms with Gasteiger partial charge < -0.3 is 5.11 Å². The molecule has 3 nitrogen and oxygen atoms in total. The number of aromatic nitrogens is 2. The Morgan fingerprint density at radius 2 is 2.00 bits per heavy atom. The fourth-order valence-electron chi connectivity index (χ4n) is 1.27. The van der Waals surface area contributed by atoms with E-state index in [1.54, 1.807) is 0 Å². The van der Waals surface area contributed by atoms with Crippen LogP contribution in [-0.2, 0) is 6.54 Å². The summed E-state index contributed by atoms with van der Waals surface area (Å²) in [6.07, 6.45) is 0.710. The Morgan fingerprint density at radius 1 is 1.43 bits per heavy atom. The van der Waals surface area contributed by atoms with E-state index in [9.17, 15) is 5.11 Å². The lowest BCUT2D eigenvalue weighted by molar-refractivity contribution is 0.0649. The van der Waals surface area contributed by atoms with Gasteiger partial charge in [0.1, 0.15) is 0 Å². The molecule has 1 heterocycles. The van der Waals surface area contributed by atoms with Crippen molar-refractivity contribution in [1.29, 1.82) is 0 Å². The van der Waals surface area contributed by atoms with Gasteiger partial charge in [0.05, 0.1) is 15.8 Å². The van der Waals surface area contributed by atoms with E-state index in [0.717, 1.165) is 22.4 Å². The molecule has 0 fully saturated rings. The number of halogens is 1. The van der Waals surface area contributed by atoms with Crippen LogP contribution in [0.25, 0.3) is 0 Å². The fourth-order valence-corrected chi connectivity index (χ4v) is 1.56. The van der Waals surface area contributed by atoms with Crippen LogP contribution >= 0.6 is 15.9 Å². The summed E-state index contributed by atoms with van der Waals surface area (Å²) in [5, 5.41) is 14.0. The Labute approximate surface area is 93.3 Å². The normalized spacial score (nSPS) is 12.1. The van der Waals surface area contributed by atoms with Gasteiger partial charge in [-0.05, 0) is 50.0 Å². The van der Waals surface area contributed by atoms with Gasteiger partial charge in [-0.15, -0.1) is 0 Å². The molecule has 0 saturated heterocycles. The molecule has 80 valence electrons. The van der Waals surface area contributed by atoms with Crippen LogP contribution in [0, 0.1) is 13.8 Å². The molecule has 0 saturated carbocycles. The van der Waals surface area contributed by atoms with Crippen LogP contribution in [0.1, 0.15) is 31.7 Å². The largest absolute Gasteiger partial charge is 0.390 e. The smallest absolute Gasteiger partial charge is 0.0738 e. The molecule has 0 unspecified atom stereocenters. The van der Waals surface area contributed by atoms with Crippen LogP contribution in [0.5, 0.6) is 0 Å². The Balaban J connectivity index is 2.73. The molecule has 0 aliphatic rings. The topological polar surface area (TPSA) is 38.0 Å². The summed E-state index contributed by atoms with van der Waals surface area (Å²) in [5.74, 6) is 0. The van der Waals surface area contributed by atoms with Crippen molar-refractivity contribution in [1.82, 2.24) is 9.78 Å². The molecular weight excluding hydrogens is 244 g/mol. The Morgan fingerprint density at radius 3 is 2.36 bits per heavy atom. The van der Waals surface area contributed by atoms with Crippen LogP contribution in [0.4, 0.5) is 0 Å². The summed E-state index contributed by atoms with van der Waals surface area (Å²) < 4.78 is 2.99. The zero-order valence-electron chi connectivity index (χ0n) is 9.13. The van der Waals surface area contributed by atoms with Crippen LogP contribution in [0.2, 0.25) is 0 Å². The summed E-state index contributed by atoms with van der Waals surface area (Å²) in [6, 6.07) is 0. The summed E-state index contributed by atoms with van der Waals surface area (Å²) in [6.45, 7) is 8.37. The Bertz CT molecular complexity index is 326. The van der Waals surface area contributed by atoms with Crippen molar-refractivity contribution in [2.45, 2.75) is 46.3 Å². The summed E-state index contributed by atoms with van der Waals surface area (Å²) in [7, 11) is 0. The molecule has 0 aromatic carbocycles. The van der Waals surface area contributed by atoms with Crippen molar-refractivity contribution in [2.75, 3.05) is 0 Å². The molecule has 0 amide bonds. The first-order valence-electron chi connectivity index (χ1n) is 4.73. The second kappa shape index (κ2) is 4.03. The Kier molecular flexibility index (Phi) is 3.37. The van der Waals surface area contributed by atoms with Crippen molar-refractivity contribution < 1.29 is 5.11 Å². The highest BCUT2D eigenvalue weighted by atomic mass is 79.9. The maximum Gasteiger partial charge on any atom is 0.0738 e. The molecule has 1 N–H and O–H groups in total. The fraction of sp³-hybridized carbons (Fsp3) is 0.700. The molecule has 0 atom stereocenters. The van der Waals surface area contributed by atoms with E-state index in [1.165, 1.54) is 0 Å². The van der Waals surface area contributed by atoms with E-state index in [4.69, 9.17) is 0 Å². The van der Waals surface area contributed by atoms with E-state index in [0.29, 0.717) is 6.42 Å². The SMILES string of the molecule is Cc1nn(CCC(C)(C)O)c(C)c1Br. The summed E-state index contributed by atoms with van der Waals surface area (Å²) in [4.78, 5) is 0. The van der Waals surface area contributed by atoms with Gasteiger partial charge in [0, 0.05) is 12.2 Å². The molecule has 1 rings (SSSR count). The standard InChI is InChI=1S/C10H17BrN2O/c1-7-9(11)8(2)13(12-7)6-5-10(3,4)14/h14H,5-6H2,1-4H3. The molecule has 1 aromatic heterocycles. The zero-order valence-corrected chi connectivity index (χ0v) is 10.7. The van der Waals surface area contributed by atoms with E-state index in [1.807, 2.05) is 32.4 Å². The highest BCUT2D eigenvalue weighted by Crippen LogP contribution is 2.20. The van der Waals surface area contributed by atoms with Crippen LogP contribution < -0.4 is 0 Å². The van der Waals surface area contributed by atoms with Crippen molar-refractivity contribution in [2.24, 2.45) is 0 Å². The lowest BCUT2D eigenvalue weighted by Crippen LogP contribution is -2.21. The average Bonchev–Trinajstić information content (AvgIpc) is 2.28. The van der Waals surface area contributed by atoms with Crippen LogP contribution in [-0.4, -0.2) is 20.5 Å². The van der Waals surface area contributed by atoms with Crippen LogP contribution in [0.15, 0.2) is 4.47 Å². The van der Waals surface area contributed by atoms with Gasteiger partial charge >= 0.3 is 0 Å². The quantitative estimate of drug-likeness (QED) is 0.907. The third-order valence-electron chi connectivity index (χ3n) is 2.23. The van der Waals surface area contributed by atoms with E-state index < -0.39 is 5.60 Å². The molecule has 0 spiro atoms. The number of rotatable bonds is 3. The number of aryl methyl sites for hydroxylation is 2. The number of hydrogen-bond donors (Lipinski definition) is 1. The number of nitrogens with zero attached hydrogens (tertiary/aromatic N) is 2. The predicted octanol–water partition coefficient (Wildman–Crippen LogP) is 2.42. The molecule has 0 aliphatic carbocycles. The third-order valence-corrected chi connectivity index (χ3v) is 3.38. The first-order valence-corrected chi connectivity index (χ1v) is 5.52. The Hall–Kier alpha value is -0.350. The van der Waals surface area contributed by atoms with Gasteiger partial charge in [0.2, 0.25) is 0 Å². The molecular formula is C10H17BrN2O. The molecule has 0 aliphatic heterocycles. The van der Waals surface area contributed by atoms with Gasteiger partial charge in [-0.25, -0.2) is 0 Å². The first kappa shape index (κ1) is 11.7. The lowest BCUT2D eigenvalue weighted by Gasteiger charge is -2.17. The minimum Gasteiger partial charge on any atom is -0.390 e. The maximum absolute atomic E-state index is 9.59. The van der Waals surface area contributed by atoms with Crippen molar-refractivity contribution in [3.05, 3.63) is 15.9 Å². The predicted molar refractivity (Wildman–Crippen MR) is 60.3 cm³/mol.